The molecule has 2 N–H and O–H groups in total. The molecule has 2 aromatic rings. The average Bonchev–Trinajstić information content (AvgIpc) is 2.49. The SMILES string of the molecule is CC[C@@H](N)c1ccccc1N(CC)c1ccccc1. The highest BCUT2D eigenvalue weighted by Gasteiger charge is 2.14. The van der Waals surface area contributed by atoms with Gasteiger partial charge in [-0.3, -0.25) is 0 Å². The third kappa shape index (κ3) is 2.96. The van der Waals surface area contributed by atoms with Gasteiger partial charge in [0, 0.05) is 24.0 Å². The molecule has 2 nitrogen and oxygen atoms in total. The topological polar surface area (TPSA) is 29.3 Å². The Kier molecular flexibility index (Phi) is 4.58. The van der Waals surface area contributed by atoms with Crippen molar-refractivity contribution >= 4 is 11.4 Å². The Morgan fingerprint density at radius 2 is 1.58 bits per heavy atom. The summed E-state index contributed by atoms with van der Waals surface area (Å²) in [5.74, 6) is 0. The largest absolute Gasteiger partial charge is 0.341 e. The third-order valence-corrected chi connectivity index (χ3v) is 3.45. The van der Waals surface area contributed by atoms with Crippen molar-refractivity contribution in [3.8, 4) is 0 Å². The fraction of sp³-hybridized carbons (Fsp3) is 0.294. The summed E-state index contributed by atoms with van der Waals surface area (Å²) in [6, 6.07) is 19.0. The van der Waals surface area contributed by atoms with Crippen LogP contribution in [-0.2, 0) is 0 Å². The summed E-state index contributed by atoms with van der Waals surface area (Å²) < 4.78 is 0. The molecule has 0 aromatic heterocycles. The monoisotopic (exact) mass is 254 g/mol. The Balaban J connectivity index is 2.44. The highest BCUT2D eigenvalue weighted by molar-refractivity contribution is 5.66. The number of para-hydroxylation sites is 2. The van der Waals surface area contributed by atoms with E-state index in [2.05, 4.69) is 67.3 Å². The van der Waals surface area contributed by atoms with Crippen molar-refractivity contribution in [2.45, 2.75) is 26.3 Å². The zero-order chi connectivity index (χ0) is 13.7. The van der Waals surface area contributed by atoms with Gasteiger partial charge in [-0.05, 0) is 37.1 Å². The van der Waals surface area contributed by atoms with E-state index in [1.807, 2.05) is 6.07 Å². The Hall–Kier alpha value is -1.80. The van der Waals surface area contributed by atoms with E-state index < -0.39 is 0 Å². The molecule has 1 atom stereocenters. The van der Waals surface area contributed by atoms with Gasteiger partial charge in [0.2, 0.25) is 0 Å². The molecule has 2 heteroatoms. The van der Waals surface area contributed by atoms with Gasteiger partial charge in [-0.25, -0.2) is 0 Å². The molecule has 2 rings (SSSR count). The maximum absolute atomic E-state index is 6.24. The third-order valence-electron chi connectivity index (χ3n) is 3.45. The van der Waals surface area contributed by atoms with E-state index in [4.69, 9.17) is 5.73 Å². The van der Waals surface area contributed by atoms with Crippen LogP contribution in [0, 0.1) is 0 Å². The molecular formula is C17H22N2. The Morgan fingerprint density at radius 1 is 0.947 bits per heavy atom. The summed E-state index contributed by atoms with van der Waals surface area (Å²) in [6.07, 6.45) is 0.948. The number of rotatable bonds is 5. The smallest absolute Gasteiger partial charge is 0.0459 e. The van der Waals surface area contributed by atoms with Crippen LogP contribution in [0.25, 0.3) is 0 Å². The molecule has 0 aliphatic rings. The second kappa shape index (κ2) is 6.39. The van der Waals surface area contributed by atoms with Gasteiger partial charge in [-0.15, -0.1) is 0 Å². The number of benzene rings is 2. The maximum atomic E-state index is 6.24. The van der Waals surface area contributed by atoms with Gasteiger partial charge in [0.05, 0.1) is 0 Å². The Morgan fingerprint density at radius 3 is 2.21 bits per heavy atom. The second-order valence-electron chi connectivity index (χ2n) is 4.65. The molecule has 0 fully saturated rings. The van der Waals surface area contributed by atoms with E-state index in [0.29, 0.717) is 0 Å². The lowest BCUT2D eigenvalue weighted by molar-refractivity contribution is 0.697. The van der Waals surface area contributed by atoms with Gasteiger partial charge in [0.1, 0.15) is 0 Å². The fourth-order valence-electron chi connectivity index (χ4n) is 2.37. The normalized spacial score (nSPS) is 12.2. The van der Waals surface area contributed by atoms with Crippen LogP contribution in [0.4, 0.5) is 11.4 Å². The Bertz CT molecular complexity index is 508. The number of nitrogens with zero attached hydrogens (tertiary/aromatic N) is 1. The van der Waals surface area contributed by atoms with Crippen molar-refractivity contribution < 1.29 is 0 Å². The molecule has 0 aliphatic carbocycles. The van der Waals surface area contributed by atoms with Crippen LogP contribution in [0.5, 0.6) is 0 Å². The van der Waals surface area contributed by atoms with Crippen LogP contribution in [0.15, 0.2) is 54.6 Å². The van der Waals surface area contributed by atoms with Crippen LogP contribution in [0.3, 0.4) is 0 Å². The molecule has 100 valence electrons. The first-order chi connectivity index (χ1) is 9.27. The van der Waals surface area contributed by atoms with Gasteiger partial charge < -0.3 is 10.6 Å². The molecule has 0 radical (unpaired) electrons. The minimum atomic E-state index is 0.0916. The maximum Gasteiger partial charge on any atom is 0.0459 e. The summed E-state index contributed by atoms with van der Waals surface area (Å²) in [5, 5.41) is 0. The second-order valence-corrected chi connectivity index (χ2v) is 4.65. The number of hydrogen-bond acceptors (Lipinski definition) is 2. The first kappa shape index (κ1) is 13.6. The lowest BCUT2D eigenvalue weighted by Gasteiger charge is -2.27. The van der Waals surface area contributed by atoms with Crippen molar-refractivity contribution in [3.05, 3.63) is 60.2 Å². The number of hydrogen-bond donors (Lipinski definition) is 1. The summed E-state index contributed by atoms with van der Waals surface area (Å²) in [4.78, 5) is 2.31. The van der Waals surface area contributed by atoms with E-state index >= 15 is 0 Å². The van der Waals surface area contributed by atoms with Crippen molar-refractivity contribution in [3.63, 3.8) is 0 Å². The fourth-order valence-corrected chi connectivity index (χ4v) is 2.37. The van der Waals surface area contributed by atoms with Gasteiger partial charge >= 0.3 is 0 Å². The molecule has 0 bridgehead atoms. The molecule has 0 aliphatic heterocycles. The van der Waals surface area contributed by atoms with Crippen LogP contribution >= 0.6 is 0 Å². The quantitative estimate of drug-likeness (QED) is 0.864. The molecule has 0 heterocycles. The predicted molar refractivity (Wildman–Crippen MR) is 82.8 cm³/mol. The van der Waals surface area contributed by atoms with Gasteiger partial charge in [0.15, 0.2) is 0 Å². The van der Waals surface area contributed by atoms with Crippen LogP contribution < -0.4 is 10.6 Å². The van der Waals surface area contributed by atoms with Crippen molar-refractivity contribution in [2.24, 2.45) is 5.73 Å². The van der Waals surface area contributed by atoms with Crippen molar-refractivity contribution in [1.82, 2.24) is 0 Å². The van der Waals surface area contributed by atoms with Crippen LogP contribution in [-0.4, -0.2) is 6.54 Å². The highest BCUT2D eigenvalue weighted by Crippen LogP contribution is 2.31. The van der Waals surface area contributed by atoms with E-state index in [1.54, 1.807) is 0 Å². The van der Waals surface area contributed by atoms with Gasteiger partial charge in [-0.2, -0.15) is 0 Å². The molecule has 19 heavy (non-hydrogen) atoms. The van der Waals surface area contributed by atoms with E-state index in [-0.39, 0.29) is 6.04 Å². The van der Waals surface area contributed by atoms with Gasteiger partial charge in [-0.1, -0.05) is 43.3 Å². The van der Waals surface area contributed by atoms with Crippen molar-refractivity contribution in [1.29, 1.82) is 0 Å². The molecule has 0 spiro atoms. The van der Waals surface area contributed by atoms with Crippen LogP contribution in [0.2, 0.25) is 0 Å². The molecule has 0 saturated heterocycles. The summed E-state index contributed by atoms with van der Waals surface area (Å²) in [7, 11) is 0. The lowest BCUT2D eigenvalue weighted by Crippen LogP contribution is -2.20. The number of nitrogens with two attached hydrogens (primary N) is 1. The standard InChI is InChI=1S/C17H22N2/c1-3-16(18)15-12-8-9-13-17(15)19(4-2)14-10-6-5-7-11-14/h5-13,16H,3-4,18H2,1-2H3/t16-/m1/s1. The first-order valence-corrected chi connectivity index (χ1v) is 6.95. The highest BCUT2D eigenvalue weighted by atomic mass is 15.1. The first-order valence-electron chi connectivity index (χ1n) is 6.95. The van der Waals surface area contributed by atoms with E-state index in [1.165, 1.54) is 16.9 Å². The summed E-state index contributed by atoms with van der Waals surface area (Å²) in [5.41, 5.74) is 9.88. The van der Waals surface area contributed by atoms with Crippen molar-refractivity contribution in [2.75, 3.05) is 11.4 Å². The average molecular weight is 254 g/mol. The summed E-state index contributed by atoms with van der Waals surface area (Å²) >= 11 is 0. The van der Waals surface area contributed by atoms with E-state index in [0.717, 1.165) is 13.0 Å². The molecule has 0 saturated carbocycles. The zero-order valence-electron chi connectivity index (χ0n) is 11.7. The number of anilines is 2. The summed E-state index contributed by atoms with van der Waals surface area (Å²) in [6.45, 7) is 5.22. The zero-order valence-corrected chi connectivity index (χ0v) is 11.7. The lowest BCUT2D eigenvalue weighted by atomic mass is 10.0. The Labute approximate surface area is 115 Å². The van der Waals surface area contributed by atoms with Gasteiger partial charge in [0.25, 0.3) is 0 Å². The predicted octanol–water partition coefficient (Wildman–Crippen LogP) is 4.25. The molecule has 2 aromatic carbocycles. The minimum absolute atomic E-state index is 0.0916. The molecular weight excluding hydrogens is 232 g/mol. The molecule has 0 amide bonds. The van der Waals surface area contributed by atoms with E-state index in [9.17, 15) is 0 Å². The molecule has 0 unspecified atom stereocenters. The van der Waals surface area contributed by atoms with Crippen LogP contribution in [0.1, 0.15) is 31.9 Å². The minimum Gasteiger partial charge on any atom is -0.341 e.